The van der Waals surface area contributed by atoms with Crippen LogP contribution in [0.5, 0.6) is 0 Å². The number of fused-ring (bicyclic) bond motifs is 1. The second-order valence-corrected chi connectivity index (χ2v) is 9.97. The smallest absolute Gasteiger partial charge is 0.320 e. The number of carbonyl (C=O) groups excluding carboxylic acids is 3. The molecular formula is C26H22Br2N4O3. The van der Waals surface area contributed by atoms with Crippen molar-refractivity contribution in [3.63, 3.8) is 0 Å². The molecule has 35 heavy (non-hydrogen) atoms. The van der Waals surface area contributed by atoms with Gasteiger partial charge in [0.1, 0.15) is 5.69 Å². The maximum absolute atomic E-state index is 13.2. The summed E-state index contributed by atoms with van der Waals surface area (Å²) in [6.45, 7) is 5.76. The van der Waals surface area contributed by atoms with Gasteiger partial charge in [-0.15, -0.1) is 0 Å². The molecule has 0 unspecified atom stereocenters. The van der Waals surface area contributed by atoms with E-state index in [0.29, 0.717) is 16.9 Å². The van der Waals surface area contributed by atoms with Gasteiger partial charge in [-0.1, -0.05) is 49.6 Å². The maximum Gasteiger partial charge on any atom is 0.328 e. The van der Waals surface area contributed by atoms with Gasteiger partial charge in [0.25, 0.3) is 5.91 Å². The van der Waals surface area contributed by atoms with Gasteiger partial charge < -0.3 is 10.6 Å². The van der Waals surface area contributed by atoms with Crippen LogP contribution in [0.1, 0.15) is 27.2 Å². The second-order valence-electron chi connectivity index (χ2n) is 8.20. The number of carbonyl (C=O) groups is 3. The Bertz CT molecular complexity index is 1490. The molecule has 3 aromatic carbocycles. The zero-order chi connectivity index (χ0) is 25.3. The number of aryl methyl sites for hydroxylation is 3. The van der Waals surface area contributed by atoms with Crippen LogP contribution >= 0.6 is 31.9 Å². The van der Waals surface area contributed by atoms with Crippen LogP contribution in [0.25, 0.3) is 10.9 Å². The number of hydrogen-bond acceptors (Lipinski definition) is 3. The number of aromatic nitrogens is 1. The number of nitrogens with zero attached hydrogens (tertiary/aromatic N) is 1. The highest BCUT2D eigenvalue weighted by Gasteiger charge is 2.21. The highest BCUT2D eigenvalue weighted by Crippen LogP contribution is 2.25. The van der Waals surface area contributed by atoms with E-state index in [1.54, 1.807) is 36.4 Å². The summed E-state index contributed by atoms with van der Waals surface area (Å²) in [7, 11) is 0. The fourth-order valence-corrected chi connectivity index (χ4v) is 4.30. The molecule has 7 nitrogen and oxygen atoms in total. The van der Waals surface area contributed by atoms with E-state index < -0.39 is 17.7 Å². The van der Waals surface area contributed by atoms with Crippen molar-refractivity contribution in [2.75, 3.05) is 16.1 Å². The molecule has 0 radical (unpaired) electrons. The van der Waals surface area contributed by atoms with Crippen molar-refractivity contribution >= 4 is 71.9 Å². The summed E-state index contributed by atoms with van der Waals surface area (Å²) < 4.78 is 3.04. The Morgan fingerprint density at radius 3 is 2.26 bits per heavy atom. The van der Waals surface area contributed by atoms with Crippen LogP contribution < -0.4 is 16.1 Å². The minimum atomic E-state index is -0.911. The average Bonchev–Trinajstić information content (AvgIpc) is 3.15. The monoisotopic (exact) mass is 596 g/mol. The summed E-state index contributed by atoms with van der Waals surface area (Å²) in [5.74, 6) is -2.19. The largest absolute Gasteiger partial charge is 0.328 e. The number of nitrogens with one attached hydrogen (secondary N) is 3. The van der Waals surface area contributed by atoms with Crippen molar-refractivity contribution in [2.24, 2.45) is 0 Å². The lowest BCUT2D eigenvalue weighted by atomic mass is 10.1. The molecule has 0 aliphatic rings. The molecule has 3 amide bonds. The van der Waals surface area contributed by atoms with Crippen molar-refractivity contribution in [1.29, 1.82) is 0 Å². The van der Waals surface area contributed by atoms with Gasteiger partial charge in [0.05, 0.1) is 5.52 Å². The van der Waals surface area contributed by atoms with E-state index in [4.69, 9.17) is 0 Å². The number of hydrogen-bond donors (Lipinski definition) is 3. The van der Waals surface area contributed by atoms with E-state index >= 15 is 0 Å². The van der Waals surface area contributed by atoms with Gasteiger partial charge in [0.2, 0.25) is 0 Å². The molecule has 0 spiro atoms. The lowest BCUT2D eigenvalue weighted by Gasteiger charge is -2.14. The fraction of sp³-hybridized carbons (Fsp3) is 0.115. The van der Waals surface area contributed by atoms with Crippen molar-refractivity contribution in [3.8, 4) is 0 Å². The Kier molecular flexibility index (Phi) is 7.09. The predicted molar refractivity (Wildman–Crippen MR) is 145 cm³/mol. The minimum Gasteiger partial charge on any atom is -0.320 e. The molecule has 3 N–H and O–H groups in total. The van der Waals surface area contributed by atoms with Crippen LogP contribution in [0.3, 0.4) is 0 Å². The maximum atomic E-state index is 13.2. The van der Waals surface area contributed by atoms with Gasteiger partial charge in [-0.05, 0) is 80.4 Å². The van der Waals surface area contributed by atoms with Crippen LogP contribution in [0, 0.1) is 20.8 Å². The van der Waals surface area contributed by atoms with Gasteiger partial charge in [-0.2, -0.15) is 0 Å². The second kappa shape index (κ2) is 10.1. The molecule has 9 heteroatoms. The third kappa shape index (κ3) is 5.47. The number of benzene rings is 3. The average molecular weight is 598 g/mol. The van der Waals surface area contributed by atoms with Crippen LogP contribution in [-0.2, 0) is 9.59 Å². The van der Waals surface area contributed by atoms with Gasteiger partial charge in [-0.3, -0.25) is 19.8 Å². The van der Waals surface area contributed by atoms with Crippen LogP contribution in [-0.4, -0.2) is 22.4 Å². The molecular weight excluding hydrogens is 576 g/mol. The third-order valence-corrected chi connectivity index (χ3v) is 6.84. The first-order valence-corrected chi connectivity index (χ1v) is 12.3. The Labute approximate surface area is 219 Å². The molecule has 178 valence electrons. The molecule has 4 aromatic rings. The summed E-state index contributed by atoms with van der Waals surface area (Å²) in [4.78, 5) is 38.7. The molecule has 0 aliphatic heterocycles. The van der Waals surface area contributed by atoms with E-state index in [-0.39, 0.29) is 5.69 Å². The molecule has 0 saturated heterocycles. The number of rotatable bonds is 4. The Hall–Kier alpha value is -3.43. The summed E-state index contributed by atoms with van der Waals surface area (Å²) in [5.41, 5.74) is 7.37. The molecule has 4 rings (SSSR count). The first-order chi connectivity index (χ1) is 16.6. The lowest BCUT2D eigenvalue weighted by molar-refractivity contribution is -0.133. The van der Waals surface area contributed by atoms with E-state index in [1.165, 1.54) is 4.68 Å². The van der Waals surface area contributed by atoms with E-state index in [1.807, 2.05) is 45.0 Å². The molecule has 1 aromatic heterocycles. The highest BCUT2D eigenvalue weighted by atomic mass is 79.9. The van der Waals surface area contributed by atoms with Crippen molar-refractivity contribution in [2.45, 2.75) is 20.8 Å². The van der Waals surface area contributed by atoms with E-state index in [0.717, 1.165) is 31.0 Å². The van der Waals surface area contributed by atoms with Crippen LogP contribution in [0.4, 0.5) is 11.4 Å². The zero-order valence-corrected chi connectivity index (χ0v) is 22.4. The van der Waals surface area contributed by atoms with Crippen molar-refractivity contribution < 1.29 is 14.4 Å². The van der Waals surface area contributed by atoms with Crippen molar-refractivity contribution in [3.05, 3.63) is 92.0 Å². The number of halogens is 2. The summed E-state index contributed by atoms with van der Waals surface area (Å²) >= 11 is 6.84. The van der Waals surface area contributed by atoms with Gasteiger partial charge in [0.15, 0.2) is 0 Å². The fourth-order valence-electron chi connectivity index (χ4n) is 3.68. The number of anilines is 2. The number of amides is 3. The minimum absolute atomic E-state index is 0.179. The quantitative estimate of drug-likeness (QED) is 0.250. The molecule has 0 bridgehead atoms. The van der Waals surface area contributed by atoms with Crippen molar-refractivity contribution in [1.82, 2.24) is 4.68 Å². The van der Waals surface area contributed by atoms with E-state index in [2.05, 4.69) is 47.9 Å². The first kappa shape index (κ1) is 24.7. The SMILES string of the molecule is Cc1ccc(NC(=O)c2cc3cc(Br)ccc3n2NC(=O)C(=O)Nc2ccc(Br)c(C)c2)c(C)c1. The normalized spacial score (nSPS) is 10.8. The zero-order valence-electron chi connectivity index (χ0n) is 19.2. The summed E-state index contributed by atoms with van der Waals surface area (Å²) in [6, 6.07) is 18.0. The Balaban J connectivity index is 1.63. The standard InChI is InChI=1S/C26H22Br2N4O3/c1-14-4-8-21(16(3)10-14)30-24(33)23-13-17-12-18(27)5-9-22(17)32(23)31-26(35)25(34)29-19-6-7-20(28)15(2)11-19/h4-13H,1-3H3,(H,29,34)(H,30,33)(H,31,35). The predicted octanol–water partition coefficient (Wildman–Crippen LogP) is 6.05. The molecule has 1 heterocycles. The van der Waals surface area contributed by atoms with Gasteiger partial charge in [-0.25, -0.2) is 4.68 Å². The summed E-state index contributed by atoms with van der Waals surface area (Å²) in [6.07, 6.45) is 0. The third-order valence-electron chi connectivity index (χ3n) is 5.46. The molecule has 0 atom stereocenters. The molecule has 0 saturated carbocycles. The highest BCUT2D eigenvalue weighted by molar-refractivity contribution is 9.10. The topological polar surface area (TPSA) is 92.2 Å². The van der Waals surface area contributed by atoms with Crippen LogP contribution in [0.15, 0.2) is 69.6 Å². The van der Waals surface area contributed by atoms with Gasteiger partial charge in [0, 0.05) is 25.7 Å². The van der Waals surface area contributed by atoms with E-state index in [9.17, 15) is 14.4 Å². The Morgan fingerprint density at radius 2 is 1.54 bits per heavy atom. The van der Waals surface area contributed by atoms with Crippen LogP contribution in [0.2, 0.25) is 0 Å². The Morgan fingerprint density at radius 1 is 0.771 bits per heavy atom. The molecule has 0 aliphatic carbocycles. The first-order valence-electron chi connectivity index (χ1n) is 10.7. The summed E-state index contributed by atoms with van der Waals surface area (Å²) in [5, 5.41) is 6.20. The lowest BCUT2D eigenvalue weighted by Crippen LogP contribution is -2.36. The van der Waals surface area contributed by atoms with Gasteiger partial charge >= 0.3 is 11.8 Å². The molecule has 0 fully saturated rings.